The van der Waals surface area contributed by atoms with E-state index in [0.29, 0.717) is 6.61 Å². The molecule has 0 aromatic carbocycles. The number of pyridine rings is 1. The molecule has 6 nitrogen and oxygen atoms in total. The lowest BCUT2D eigenvalue weighted by Crippen LogP contribution is -2.32. The fourth-order valence-corrected chi connectivity index (χ4v) is 2.72. The van der Waals surface area contributed by atoms with Crippen molar-refractivity contribution < 1.29 is 4.74 Å². The molecule has 2 aromatic rings. The molecule has 0 amide bonds. The van der Waals surface area contributed by atoms with Crippen LogP contribution in [0.3, 0.4) is 0 Å². The van der Waals surface area contributed by atoms with Crippen LogP contribution >= 0.6 is 0 Å². The molecule has 18 heavy (non-hydrogen) atoms. The first-order valence-electron chi connectivity index (χ1n) is 6.08. The molecule has 92 valence electrons. The number of aromatic nitrogens is 4. The zero-order valence-corrected chi connectivity index (χ0v) is 9.81. The first-order chi connectivity index (χ1) is 8.92. The Morgan fingerprint density at radius 3 is 3.17 bits per heavy atom. The summed E-state index contributed by atoms with van der Waals surface area (Å²) < 4.78 is 7.87. The molecule has 6 heteroatoms. The number of hydrogen-bond donors (Lipinski definition) is 0. The Kier molecular flexibility index (Phi) is 2.10. The van der Waals surface area contributed by atoms with Crippen molar-refractivity contribution in [3.8, 4) is 0 Å². The molecule has 0 aliphatic carbocycles. The molecule has 0 spiro atoms. The Bertz CT molecular complexity index is 555. The molecule has 2 aliphatic heterocycles. The molecule has 1 fully saturated rings. The summed E-state index contributed by atoms with van der Waals surface area (Å²) in [5.41, 5.74) is 1.05. The van der Waals surface area contributed by atoms with Crippen molar-refractivity contribution >= 4 is 5.82 Å². The molecule has 2 atom stereocenters. The Labute approximate surface area is 104 Å². The topological polar surface area (TPSA) is 56.1 Å². The third kappa shape index (κ3) is 1.42. The van der Waals surface area contributed by atoms with E-state index in [0.717, 1.165) is 24.6 Å². The second kappa shape index (κ2) is 3.78. The second-order valence-corrected chi connectivity index (χ2v) is 4.68. The minimum Gasteiger partial charge on any atom is -0.368 e. The Morgan fingerprint density at radius 1 is 1.28 bits per heavy atom. The third-order valence-corrected chi connectivity index (χ3v) is 3.62. The monoisotopic (exact) mass is 243 g/mol. The van der Waals surface area contributed by atoms with Gasteiger partial charge in [-0.25, -0.2) is 9.67 Å². The average molecular weight is 243 g/mol. The first kappa shape index (κ1) is 10.0. The largest absolute Gasteiger partial charge is 0.368 e. The van der Waals surface area contributed by atoms with E-state index in [-0.39, 0.29) is 12.1 Å². The quantitative estimate of drug-likeness (QED) is 0.735. The van der Waals surface area contributed by atoms with Crippen molar-refractivity contribution in [1.29, 1.82) is 0 Å². The van der Waals surface area contributed by atoms with Gasteiger partial charge in [-0.3, -0.25) is 0 Å². The summed E-state index contributed by atoms with van der Waals surface area (Å²) in [7, 11) is 0. The summed E-state index contributed by atoms with van der Waals surface area (Å²) in [6, 6.07) is 6.21. The predicted molar refractivity (Wildman–Crippen MR) is 64.1 cm³/mol. The van der Waals surface area contributed by atoms with E-state index in [1.54, 1.807) is 6.20 Å². The van der Waals surface area contributed by atoms with Gasteiger partial charge >= 0.3 is 0 Å². The van der Waals surface area contributed by atoms with Crippen LogP contribution in [-0.2, 0) is 11.3 Å². The van der Waals surface area contributed by atoms with E-state index in [2.05, 4.69) is 20.2 Å². The summed E-state index contributed by atoms with van der Waals surface area (Å²) in [4.78, 5) is 6.63. The highest BCUT2D eigenvalue weighted by atomic mass is 16.5. The van der Waals surface area contributed by atoms with Crippen LogP contribution in [0.2, 0.25) is 0 Å². The molecule has 2 aliphatic rings. The van der Waals surface area contributed by atoms with Gasteiger partial charge in [0.15, 0.2) is 0 Å². The van der Waals surface area contributed by atoms with Crippen LogP contribution in [0.15, 0.2) is 30.6 Å². The molecule has 0 radical (unpaired) electrons. The van der Waals surface area contributed by atoms with Crippen LogP contribution in [0.5, 0.6) is 0 Å². The van der Waals surface area contributed by atoms with Crippen molar-refractivity contribution in [3.63, 3.8) is 0 Å². The zero-order valence-electron chi connectivity index (χ0n) is 9.81. The van der Waals surface area contributed by atoms with Gasteiger partial charge < -0.3 is 9.64 Å². The minimum absolute atomic E-state index is 0.182. The fourth-order valence-electron chi connectivity index (χ4n) is 2.72. The molecule has 4 rings (SSSR count). The van der Waals surface area contributed by atoms with E-state index in [4.69, 9.17) is 4.74 Å². The zero-order chi connectivity index (χ0) is 11.9. The van der Waals surface area contributed by atoms with E-state index in [9.17, 15) is 0 Å². The molecule has 0 saturated carbocycles. The van der Waals surface area contributed by atoms with Crippen LogP contribution < -0.4 is 4.90 Å². The maximum Gasteiger partial charge on any atom is 0.128 e. The van der Waals surface area contributed by atoms with Crippen LogP contribution in [-0.4, -0.2) is 39.2 Å². The van der Waals surface area contributed by atoms with E-state index in [1.165, 1.54) is 0 Å². The lowest BCUT2D eigenvalue weighted by Gasteiger charge is -2.25. The number of ether oxygens (including phenoxy) is 1. The number of nitrogens with zero attached hydrogens (tertiary/aromatic N) is 5. The van der Waals surface area contributed by atoms with Gasteiger partial charge in [-0.2, -0.15) is 0 Å². The maximum absolute atomic E-state index is 5.87. The van der Waals surface area contributed by atoms with E-state index >= 15 is 0 Å². The van der Waals surface area contributed by atoms with Crippen molar-refractivity contribution in [2.75, 3.05) is 18.0 Å². The van der Waals surface area contributed by atoms with Crippen LogP contribution in [0, 0.1) is 0 Å². The van der Waals surface area contributed by atoms with Gasteiger partial charge in [0.2, 0.25) is 0 Å². The Balaban J connectivity index is 1.64. The summed E-state index contributed by atoms with van der Waals surface area (Å²) in [6.07, 6.45) is 3.78. The SMILES string of the molecule is c1ccc(N2CC3OCc4cnnn4[C@@H]3C2)nc1. The van der Waals surface area contributed by atoms with Gasteiger partial charge in [0, 0.05) is 19.3 Å². The minimum atomic E-state index is 0.182. The second-order valence-electron chi connectivity index (χ2n) is 4.68. The Hall–Kier alpha value is -1.95. The summed E-state index contributed by atoms with van der Waals surface area (Å²) in [5, 5.41) is 8.13. The van der Waals surface area contributed by atoms with Gasteiger partial charge in [0.1, 0.15) is 5.82 Å². The van der Waals surface area contributed by atoms with E-state index in [1.807, 2.05) is 29.1 Å². The highest BCUT2D eigenvalue weighted by molar-refractivity contribution is 5.40. The van der Waals surface area contributed by atoms with Gasteiger partial charge in [-0.1, -0.05) is 11.3 Å². The predicted octanol–water partition coefficient (Wildman–Crippen LogP) is 0.633. The average Bonchev–Trinajstić information content (AvgIpc) is 3.05. The van der Waals surface area contributed by atoms with Crippen molar-refractivity contribution in [3.05, 3.63) is 36.3 Å². The summed E-state index contributed by atoms with van der Waals surface area (Å²) in [6.45, 7) is 2.34. The lowest BCUT2D eigenvalue weighted by atomic mass is 10.2. The van der Waals surface area contributed by atoms with Crippen LogP contribution in [0.25, 0.3) is 0 Å². The highest BCUT2D eigenvalue weighted by Crippen LogP contribution is 2.31. The molecule has 0 bridgehead atoms. The first-order valence-corrected chi connectivity index (χ1v) is 6.08. The number of rotatable bonds is 1. The van der Waals surface area contributed by atoms with Crippen molar-refractivity contribution in [2.45, 2.75) is 18.8 Å². The molecule has 1 saturated heterocycles. The highest BCUT2D eigenvalue weighted by Gasteiger charge is 2.39. The molecule has 2 aromatic heterocycles. The van der Waals surface area contributed by atoms with Crippen molar-refractivity contribution in [1.82, 2.24) is 20.0 Å². The third-order valence-electron chi connectivity index (χ3n) is 3.62. The van der Waals surface area contributed by atoms with E-state index < -0.39 is 0 Å². The van der Waals surface area contributed by atoms with Crippen LogP contribution in [0.1, 0.15) is 11.7 Å². The lowest BCUT2D eigenvalue weighted by molar-refractivity contribution is -0.00254. The number of anilines is 1. The molecule has 0 N–H and O–H groups in total. The van der Waals surface area contributed by atoms with Gasteiger partial charge in [-0.15, -0.1) is 5.10 Å². The van der Waals surface area contributed by atoms with Gasteiger partial charge in [-0.05, 0) is 12.1 Å². The maximum atomic E-state index is 5.87. The normalized spacial score (nSPS) is 25.9. The standard InChI is InChI=1S/C12H13N5O/c1-2-4-13-12(3-1)16-6-10-11(7-16)18-8-9-5-14-15-17(9)10/h1-5,10-11H,6-8H2/t10-,11?/m1/s1. The molecular weight excluding hydrogens is 230 g/mol. The fraction of sp³-hybridized carbons (Fsp3) is 0.417. The smallest absolute Gasteiger partial charge is 0.128 e. The number of fused-ring (bicyclic) bond motifs is 3. The van der Waals surface area contributed by atoms with Gasteiger partial charge in [0.25, 0.3) is 0 Å². The molecular formula is C12H13N5O. The molecule has 1 unspecified atom stereocenters. The van der Waals surface area contributed by atoms with Crippen LogP contribution in [0.4, 0.5) is 5.82 Å². The molecule has 4 heterocycles. The summed E-state index contributed by atoms with van der Waals surface area (Å²) in [5.74, 6) is 0.997. The van der Waals surface area contributed by atoms with Crippen molar-refractivity contribution in [2.24, 2.45) is 0 Å². The Morgan fingerprint density at radius 2 is 2.28 bits per heavy atom. The number of hydrogen-bond acceptors (Lipinski definition) is 5. The summed E-state index contributed by atoms with van der Waals surface area (Å²) >= 11 is 0. The van der Waals surface area contributed by atoms with Gasteiger partial charge in [0.05, 0.1) is 30.6 Å².